The van der Waals surface area contributed by atoms with Crippen LogP contribution in [-0.4, -0.2) is 49.3 Å². The lowest BCUT2D eigenvalue weighted by atomic mass is 10.0. The summed E-state index contributed by atoms with van der Waals surface area (Å²) in [7, 11) is 0. The van der Waals surface area contributed by atoms with Crippen molar-refractivity contribution in [1.82, 2.24) is 9.80 Å². The molecule has 0 aromatic heterocycles. The lowest BCUT2D eigenvalue weighted by Gasteiger charge is -2.32. The van der Waals surface area contributed by atoms with Gasteiger partial charge in [0, 0.05) is 24.6 Å². The molecule has 1 aliphatic heterocycles. The first-order chi connectivity index (χ1) is 9.53. The summed E-state index contributed by atoms with van der Waals surface area (Å²) >= 11 is 0. The van der Waals surface area contributed by atoms with E-state index in [9.17, 15) is 0 Å². The van der Waals surface area contributed by atoms with Crippen LogP contribution in [0.15, 0.2) is 36.3 Å². The minimum Gasteiger partial charge on any atom is -0.487 e. The highest BCUT2D eigenvalue weighted by Gasteiger charge is 2.23. The van der Waals surface area contributed by atoms with Crippen molar-refractivity contribution in [3.63, 3.8) is 0 Å². The van der Waals surface area contributed by atoms with E-state index in [1.54, 1.807) is 0 Å². The number of likely N-dealkylation sites (N-methyl/N-ethyl adjacent to an activating group) is 1. The molecule has 1 saturated heterocycles. The molecule has 1 aliphatic rings. The minimum atomic E-state index is 0.268. The second-order valence-electron chi connectivity index (χ2n) is 5.35. The normalized spacial score (nSPS) is 18.8. The van der Waals surface area contributed by atoms with Gasteiger partial charge in [-0.3, -0.25) is 9.80 Å². The van der Waals surface area contributed by atoms with Gasteiger partial charge >= 0.3 is 0 Å². The van der Waals surface area contributed by atoms with Crippen LogP contribution in [0.5, 0.6) is 0 Å². The Bertz CT molecular complexity index is 376. The summed E-state index contributed by atoms with van der Waals surface area (Å²) in [6.45, 7) is 19.6. The van der Waals surface area contributed by atoms with Gasteiger partial charge in [0.05, 0.1) is 12.4 Å². The number of ether oxygens (including phenoxy) is 1. The summed E-state index contributed by atoms with van der Waals surface area (Å²) in [6.07, 6.45) is 1.95. The second-order valence-corrected chi connectivity index (χ2v) is 5.35. The SMILES string of the molecule is C=CCN(CC)CN(CC)CC(C)/C(N)=C1/OCC1=C. The Morgan fingerprint density at radius 2 is 2.05 bits per heavy atom. The Labute approximate surface area is 123 Å². The zero-order valence-electron chi connectivity index (χ0n) is 13.2. The van der Waals surface area contributed by atoms with Crippen LogP contribution < -0.4 is 5.73 Å². The van der Waals surface area contributed by atoms with E-state index in [0.717, 1.165) is 49.9 Å². The van der Waals surface area contributed by atoms with Gasteiger partial charge < -0.3 is 10.5 Å². The lowest BCUT2D eigenvalue weighted by Crippen LogP contribution is -2.41. The van der Waals surface area contributed by atoms with Crippen molar-refractivity contribution in [1.29, 1.82) is 0 Å². The molecular formula is C16H29N3O. The molecule has 114 valence electrons. The fourth-order valence-electron chi connectivity index (χ4n) is 2.28. The van der Waals surface area contributed by atoms with E-state index in [2.05, 4.69) is 43.7 Å². The molecule has 1 unspecified atom stereocenters. The van der Waals surface area contributed by atoms with E-state index in [0.29, 0.717) is 6.61 Å². The molecule has 0 aromatic rings. The highest BCUT2D eigenvalue weighted by atomic mass is 16.5. The Kier molecular flexibility index (Phi) is 6.82. The van der Waals surface area contributed by atoms with Crippen LogP contribution in [0.1, 0.15) is 20.8 Å². The van der Waals surface area contributed by atoms with Crippen LogP contribution in [0.3, 0.4) is 0 Å². The van der Waals surface area contributed by atoms with Crippen LogP contribution in [-0.2, 0) is 4.74 Å². The molecule has 0 radical (unpaired) electrons. The molecule has 0 spiro atoms. The van der Waals surface area contributed by atoms with Gasteiger partial charge in [0.2, 0.25) is 0 Å². The summed E-state index contributed by atoms with van der Waals surface area (Å²) in [5.41, 5.74) is 8.01. The number of hydrogen-bond acceptors (Lipinski definition) is 4. The van der Waals surface area contributed by atoms with Crippen molar-refractivity contribution in [2.45, 2.75) is 20.8 Å². The number of nitrogens with zero attached hydrogens (tertiary/aromatic N) is 2. The maximum absolute atomic E-state index is 6.18. The molecule has 0 aliphatic carbocycles. The van der Waals surface area contributed by atoms with Gasteiger partial charge in [-0.25, -0.2) is 0 Å². The third-order valence-corrected chi connectivity index (χ3v) is 3.72. The number of rotatable bonds is 9. The largest absolute Gasteiger partial charge is 0.487 e. The monoisotopic (exact) mass is 279 g/mol. The van der Waals surface area contributed by atoms with Crippen molar-refractivity contribution in [2.24, 2.45) is 11.7 Å². The fourth-order valence-corrected chi connectivity index (χ4v) is 2.28. The van der Waals surface area contributed by atoms with Gasteiger partial charge in [-0.05, 0) is 13.1 Å². The highest BCUT2D eigenvalue weighted by molar-refractivity contribution is 5.34. The summed E-state index contributed by atoms with van der Waals surface area (Å²) in [5.74, 6) is 1.08. The fraction of sp³-hybridized carbons (Fsp3) is 0.625. The minimum absolute atomic E-state index is 0.268. The predicted molar refractivity (Wildman–Crippen MR) is 85.0 cm³/mol. The molecule has 2 N–H and O–H groups in total. The Morgan fingerprint density at radius 1 is 1.40 bits per heavy atom. The van der Waals surface area contributed by atoms with E-state index in [1.807, 2.05) is 6.08 Å². The summed E-state index contributed by atoms with van der Waals surface area (Å²) in [5, 5.41) is 0. The zero-order chi connectivity index (χ0) is 15.1. The second kappa shape index (κ2) is 8.12. The predicted octanol–water partition coefficient (Wildman–Crippen LogP) is 2.17. The molecule has 1 fully saturated rings. The van der Waals surface area contributed by atoms with Gasteiger partial charge in [0.25, 0.3) is 0 Å². The topological polar surface area (TPSA) is 41.7 Å². The van der Waals surface area contributed by atoms with Gasteiger partial charge in [0.15, 0.2) is 0 Å². The summed E-state index contributed by atoms with van der Waals surface area (Å²) in [6, 6.07) is 0. The molecule has 0 amide bonds. The van der Waals surface area contributed by atoms with E-state index in [1.165, 1.54) is 0 Å². The molecule has 20 heavy (non-hydrogen) atoms. The Balaban J connectivity index is 2.56. The van der Waals surface area contributed by atoms with Gasteiger partial charge in [-0.15, -0.1) is 6.58 Å². The number of hydrogen-bond donors (Lipinski definition) is 1. The molecule has 0 bridgehead atoms. The van der Waals surface area contributed by atoms with Crippen molar-refractivity contribution in [3.05, 3.63) is 36.3 Å². The van der Waals surface area contributed by atoms with Crippen molar-refractivity contribution in [2.75, 3.05) is 39.5 Å². The average Bonchev–Trinajstić information content (AvgIpc) is 2.43. The van der Waals surface area contributed by atoms with Crippen LogP contribution >= 0.6 is 0 Å². The maximum Gasteiger partial charge on any atom is 0.144 e. The summed E-state index contributed by atoms with van der Waals surface area (Å²) in [4.78, 5) is 4.75. The molecule has 1 heterocycles. The molecule has 0 aromatic carbocycles. The molecule has 4 heteroatoms. The number of nitrogens with two attached hydrogens (primary N) is 1. The van der Waals surface area contributed by atoms with Crippen molar-refractivity contribution in [3.8, 4) is 0 Å². The quantitative estimate of drug-likeness (QED) is 0.519. The Hall–Kier alpha value is -1.26. The summed E-state index contributed by atoms with van der Waals surface area (Å²) < 4.78 is 5.39. The zero-order valence-corrected chi connectivity index (χ0v) is 13.2. The van der Waals surface area contributed by atoms with Crippen molar-refractivity contribution < 1.29 is 4.74 Å². The molecule has 0 saturated carbocycles. The maximum atomic E-state index is 6.18. The first-order valence-corrected chi connectivity index (χ1v) is 7.39. The first kappa shape index (κ1) is 16.8. The van der Waals surface area contributed by atoms with Crippen LogP contribution in [0.2, 0.25) is 0 Å². The van der Waals surface area contributed by atoms with E-state index in [4.69, 9.17) is 10.5 Å². The highest BCUT2D eigenvalue weighted by Crippen LogP contribution is 2.26. The standard InChI is InChI=1S/C16H29N3O/c1-6-9-18(7-2)12-19(8-3)10-13(4)15(17)16-14(5)11-20-16/h6,13H,1,5,7-12,17H2,2-4H3/b16-15-. The molecule has 1 rings (SSSR count). The average molecular weight is 279 g/mol. The van der Waals surface area contributed by atoms with Gasteiger partial charge in [-0.1, -0.05) is 33.4 Å². The molecule has 4 nitrogen and oxygen atoms in total. The first-order valence-electron chi connectivity index (χ1n) is 7.39. The third-order valence-electron chi connectivity index (χ3n) is 3.72. The van der Waals surface area contributed by atoms with Crippen LogP contribution in [0.4, 0.5) is 0 Å². The molecular weight excluding hydrogens is 250 g/mol. The van der Waals surface area contributed by atoms with Crippen LogP contribution in [0.25, 0.3) is 0 Å². The third kappa shape index (κ3) is 4.39. The Morgan fingerprint density at radius 3 is 2.45 bits per heavy atom. The lowest BCUT2D eigenvalue weighted by molar-refractivity contribution is 0.136. The molecule has 1 atom stereocenters. The van der Waals surface area contributed by atoms with E-state index < -0.39 is 0 Å². The smallest absolute Gasteiger partial charge is 0.144 e. The van der Waals surface area contributed by atoms with Gasteiger partial charge in [0.1, 0.15) is 12.4 Å². The van der Waals surface area contributed by atoms with E-state index in [-0.39, 0.29) is 5.92 Å². The van der Waals surface area contributed by atoms with E-state index >= 15 is 0 Å². The van der Waals surface area contributed by atoms with Gasteiger partial charge in [-0.2, -0.15) is 0 Å². The van der Waals surface area contributed by atoms with Crippen molar-refractivity contribution >= 4 is 0 Å². The van der Waals surface area contributed by atoms with Crippen LogP contribution in [0, 0.1) is 5.92 Å².